The van der Waals surface area contributed by atoms with Crippen LogP contribution < -0.4 is 10.5 Å². The summed E-state index contributed by atoms with van der Waals surface area (Å²) >= 11 is 0. The van der Waals surface area contributed by atoms with Crippen molar-refractivity contribution >= 4 is 5.95 Å². The van der Waals surface area contributed by atoms with Crippen molar-refractivity contribution in [1.82, 2.24) is 9.97 Å². The number of methoxy groups -OCH3 is 1. The summed E-state index contributed by atoms with van der Waals surface area (Å²) in [5.41, 5.74) is 8.73. The molecule has 0 aliphatic heterocycles. The molecule has 0 unspecified atom stereocenters. The first kappa shape index (κ1) is 12.4. The number of rotatable bonds is 3. The van der Waals surface area contributed by atoms with Crippen molar-refractivity contribution in [3.05, 3.63) is 35.9 Å². The van der Waals surface area contributed by atoms with Crippen LogP contribution >= 0.6 is 0 Å². The molecule has 0 amide bonds. The van der Waals surface area contributed by atoms with E-state index < -0.39 is 0 Å². The molecule has 2 aromatic rings. The highest BCUT2D eigenvalue weighted by Gasteiger charge is 2.06. The van der Waals surface area contributed by atoms with Crippen molar-refractivity contribution in [2.45, 2.75) is 19.8 Å². The summed E-state index contributed by atoms with van der Waals surface area (Å²) in [5.74, 6) is 1.21. The van der Waals surface area contributed by atoms with Crippen LogP contribution in [0.4, 0.5) is 5.95 Å². The lowest BCUT2D eigenvalue weighted by Crippen LogP contribution is -1.99. The van der Waals surface area contributed by atoms with Crippen molar-refractivity contribution in [3.63, 3.8) is 0 Å². The maximum Gasteiger partial charge on any atom is 0.223 e. The number of ether oxygens (including phenoxy) is 1. The summed E-state index contributed by atoms with van der Waals surface area (Å²) in [4.78, 5) is 8.18. The third-order valence-electron chi connectivity index (χ3n) is 2.80. The highest BCUT2D eigenvalue weighted by Crippen LogP contribution is 2.23. The standard InChI is InChI=1S/C14H17N3O/c1-9(2)10-4-6-11(7-5-10)12-8-13(18-3)17-14(15)16-12/h4-9H,1-3H3,(H2,15,16,17). The number of benzene rings is 1. The van der Waals surface area contributed by atoms with Crippen LogP contribution in [-0.4, -0.2) is 17.1 Å². The Balaban J connectivity index is 2.39. The number of nitrogens with two attached hydrogens (primary N) is 1. The fourth-order valence-electron chi connectivity index (χ4n) is 1.73. The molecule has 1 aromatic carbocycles. The smallest absolute Gasteiger partial charge is 0.223 e. The topological polar surface area (TPSA) is 61.0 Å². The molecule has 0 radical (unpaired) electrons. The molecule has 0 atom stereocenters. The Morgan fingerprint density at radius 1 is 1.11 bits per heavy atom. The van der Waals surface area contributed by atoms with E-state index in [0.717, 1.165) is 11.3 Å². The zero-order chi connectivity index (χ0) is 13.1. The van der Waals surface area contributed by atoms with Gasteiger partial charge in [-0.3, -0.25) is 0 Å². The van der Waals surface area contributed by atoms with Crippen molar-refractivity contribution in [1.29, 1.82) is 0 Å². The van der Waals surface area contributed by atoms with Gasteiger partial charge in [0.15, 0.2) is 0 Å². The zero-order valence-electron chi connectivity index (χ0n) is 10.8. The van der Waals surface area contributed by atoms with Crippen molar-refractivity contribution in [2.24, 2.45) is 0 Å². The van der Waals surface area contributed by atoms with Gasteiger partial charge >= 0.3 is 0 Å². The SMILES string of the molecule is COc1cc(-c2ccc(C(C)C)cc2)nc(N)n1. The van der Waals surface area contributed by atoms with Crippen LogP contribution in [0, 0.1) is 0 Å². The van der Waals surface area contributed by atoms with E-state index in [1.165, 1.54) is 5.56 Å². The van der Waals surface area contributed by atoms with E-state index >= 15 is 0 Å². The lowest BCUT2D eigenvalue weighted by Gasteiger charge is -2.08. The molecule has 2 N–H and O–H groups in total. The summed E-state index contributed by atoms with van der Waals surface area (Å²) in [7, 11) is 1.56. The van der Waals surface area contributed by atoms with Gasteiger partial charge in [-0.05, 0) is 11.5 Å². The molecule has 18 heavy (non-hydrogen) atoms. The minimum absolute atomic E-state index is 0.220. The predicted octanol–water partition coefficient (Wildman–Crippen LogP) is 2.86. The zero-order valence-corrected chi connectivity index (χ0v) is 10.8. The van der Waals surface area contributed by atoms with E-state index in [1.54, 1.807) is 13.2 Å². The molecule has 1 heterocycles. The van der Waals surface area contributed by atoms with Gasteiger partial charge in [0.05, 0.1) is 12.8 Å². The number of hydrogen-bond acceptors (Lipinski definition) is 4. The lowest BCUT2D eigenvalue weighted by atomic mass is 10.0. The maximum atomic E-state index is 5.65. The number of nitrogens with zero attached hydrogens (tertiary/aromatic N) is 2. The number of nitrogen functional groups attached to an aromatic ring is 1. The molecule has 0 bridgehead atoms. The van der Waals surface area contributed by atoms with Gasteiger partial charge < -0.3 is 10.5 Å². The first-order chi connectivity index (χ1) is 8.60. The van der Waals surface area contributed by atoms with Crippen LogP contribution in [0.25, 0.3) is 11.3 Å². The maximum absolute atomic E-state index is 5.65. The summed E-state index contributed by atoms with van der Waals surface area (Å²) in [5, 5.41) is 0. The molecule has 4 heteroatoms. The number of hydrogen-bond donors (Lipinski definition) is 1. The van der Waals surface area contributed by atoms with Crippen molar-refractivity contribution in [3.8, 4) is 17.1 Å². The molecule has 0 saturated heterocycles. The van der Waals surface area contributed by atoms with Gasteiger partial charge in [0.2, 0.25) is 11.8 Å². The monoisotopic (exact) mass is 243 g/mol. The molecule has 0 aliphatic carbocycles. The fraction of sp³-hybridized carbons (Fsp3) is 0.286. The van der Waals surface area contributed by atoms with Gasteiger partial charge in [0, 0.05) is 11.6 Å². The van der Waals surface area contributed by atoms with Gasteiger partial charge in [-0.15, -0.1) is 0 Å². The van der Waals surface area contributed by atoms with E-state index in [9.17, 15) is 0 Å². The second-order valence-electron chi connectivity index (χ2n) is 4.43. The van der Waals surface area contributed by atoms with Crippen molar-refractivity contribution < 1.29 is 4.74 Å². The van der Waals surface area contributed by atoms with Gasteiger partial charge in [-0.25, -0.2) is 4.98 Å². The molecule has 0 saturated carbocycles. The Morgan fingerprint density at radius 3 is 2.33 bits per heavy atom. The van der Waals surface area contributed by atoms with Crippen LogP contribution in [0.1, 0.15) is 25.3 Å². The van der Waals surface area contributed by atoms with Gasteiger partial charge in [-0.2, -0.15) is 4.98 Å². The summed E-state index contributed by atoms with van der Waals surface area (Å²) in [6.45, 7) is 4.33. The van der Waals surface area contributed by atoms with E-state index in [0.29, 0.717) is 11.8 Å². The largest absolute Gasteiger partial charge is 0.481 e. The molecule has 0 spiro atoms. The minimum Gasteiger partial charge on any atom is -0.481 e. The molecule has 4 nitrogen and oxygen atoms in total. The molecular formula is C14H17N3O. The Labute approximate surface area is 107 Å². The van der Waals surface area contributed by atoms with Crippen LogP contribution in [0.5, 0.6) is 5.88 Å². The average molecular weight is 243 g/mol. The number of anilines is 1. The van der Waals surface area contributed by atoms with Gasteiger partial charge in [0.1, 0.15) is 0 Å². The third kappa shape index (κ3) is 2.59. The number of aromatic nitrogens is 2. The summed E-state index contributed by atoms with van der Waals surface area (Å²) in [6, 6.07) is 10.1. The molecule has 1 aromatic heterocycles. The molecule has 0 aliphatic rings. The second kappa shape index (κ2) is 5.04. The van der Waals surface area contributed by atoms with E-state index in [4.69, 9.17) is 10.5 Å². The van der Waals surface area contributed by atoms with Crippen molar-refractivity contribution in [2.75, 3.05) is 12.8 Å². The molecule has 94 valence electrons. The Bertz CT molecular complexity index is 535. The predicted molar refractivity (Wildman–Crippen MR) is 72.5 cm³/mol. The lowest BCUT2D eigenvalue weighted by molar-refractivity contribution is 0.398. The van der Waals surface area contributed by atoms with Crippen LogP contribution in [-0.2, 0) is 0 Å². The first-order valence-electron chi connectivity index (χ1n) is 5.89. The normalized spacial score (nSPS) is 10.7. The van der Waals surface area contributed by atoms with E-state index in [-0.39, 0.29) is 5.95 Å². The van der Waals surface area contributed by atoms with Crippen LogP contribution in [0.3, 0.4) is 0 Å². The molecular weight excluding hydrogens is 226 g/mol. The highest BCUT2D eigenvalue weighted by atomic mass is 16.5. The van der Waals surface area contributed by atoms with Gasteiger partial charge in [0.25, 0.3) is 0 Å². The Hall–Kier alpha value is -2.10. The Morgan fingerprint density at radius 2 is 1.78 bits per heavy atom. The fourth-order valence-corrected chi connectivity index (χ4v) is 1.73. The second-order valence-corrected chi connectivity index (χ2v) is 4.43. The highest BCUT2D eigenvalue weighted by molar-refractivity contribution is 5.61. The van der Waals surface area contributed by atoms with Gasteiger partial charge in [-0.1, -0.05) is 38.1 Å². The third-order valence-corrected chi connectivity index (χ3v) is 2.80. The minimum atomic E-state index is 0.220. The van der Waals surface area contributed by atoms with Crippen LogP contribution in [0.15, 0.2) is 30.3 Å². The molecule has 0 fully saturated rings. The van der Waals surface area contributed by atoms with E-state index in [1.807, 2.05) is 12.1 Å². The van der Waals surface area contributed by atoms with Crippen LogP contribution in [0.2, 0.25) is 0 Å². The summed E-state index contributed by atoms with van der Waals surface area (Å²) in [6.07, 6.45) is 0. The summed E-state index contributed by atoms with van der Waals surface area (Å²) < 4.78 is 5.09. The quantitative estimate of drug-likeness (QED) is 0.900. The Kier molecular flexibility index (Phi) is 3.46. The first-order valence-corrected chi connectivity index (χ1v) is 5.89. The molecule has 2 rings (SSSR count). The van der Waals surface area contributed by atoms with E-state index in [2.05, 4.69) is 35.9 Å². The average Bonchev–Trinajstić information content (AvgIpc) is 2.38.